The maximum absolute atomic E-state index is 0. The molecule has 1 nitrogen and oxygen atoms in total. The van der Waals surface area contributed by atoms with E-state index in [2.05, 4.69) is 0 Å². The SMILES string of the molecule is O.[AlH3].[Cr].[Ti]. The zero-order valence-electron chi connectivity index (χ0n) is 1.41. The van der Waals surface area contributed by atoms with Gasteiger partial charge in [-0.25, -0.2) is 0 Å². The Hall–Kier alpha value is 1.74. The van der Waals surface area contributed by atoms with Crippen molar-refractivity contribution >= 4 is 17.4 Å². The molecule has 4 heteroatoms. The van der Waals surface area contributed by atoms with Gasteiger partial charge in [-0.2, -0.15) is 0 Å². The molecule has 4 heavy (non-hydrogen) atoms. The Kier molecular flexibility index (Phi) is 233. The smallest absolute Gasteiger partial charge is 0.187 e. The molecule has 0 aliphatic heterocycles. The van der Waals surface area contributed by atoms with Crippen molar-refractivity contribution in [2.24, 2.45) is 0 Å². The molecule has 0 aromatic rings. The normalized spacial score (nSPS) is 0. The van der Waals surface area contributed by atoms with E-state index in [9.17, 15) is 0 Å². The van der Waals surface area contributed by atoms with Crippen LogP contribution in [0.25, 0.3) is 0 Å². The second kappa shape index (κ2) is 21.9. The molecule has 0 rings (SSSR count). The van der Waals surface area contributed by atoms with Gasteiger partial charge in [0.05, 0.1) is 0 Å². The van der Waals surface area contributed by atoms with E-state index in [-0.39, 0.29) is 61.9 Å². The number of hydrogen-bond donors (Lipinski definition) is 0. The molecule has 0 saturated heterocycles. The third-order valence-electron chi connectivity index (χ3n) is 0. The molecule has 0 unspecified atom stereocenters. The fourth-order valence-corrected chi connectivity index (χ4v) is 0. The summed E-state index contributed by atoms with van der Waals surface area (Å²) >= 11 is 0. The fraction of sp³-hybridized carbons (Fsp3) is 0. The summed E-state index contributed by atoms with van der Waals surface area (Å²) in [4.78, 5) is 0. The minimum Gasteiger partial charge on any atom is -0.412 e. The van der Waals surface area contributed by atoms with Crippen LogP contribution in [0.15, 0.2) is 0 Å². The van der Waals surface area contributed by atoms with Gasteiger partial charge in [0.25, 0.3) is 0 Å². The summed E-state index contributed by atoms with van der Waals surface area (Å²) in [5, 5.41) is 0. The van der Waals surface area contributed by atoms with Gasteiger partial charge in [-0.1, -0.05) is 0 Å². The van der Waals surface area contributed by atoms with Crippen LogP contribution in [0.1, 0.15) is 0 Å². The molecule has 0 aromatic heterocycles. The first-order valence-electron chi connectivity index (χ1n) is 0. The zero-order chi connectivity index (χ0) is 0. The van der Waals surface area contributed by atoms with Crippen LogP contribution in [0.4, 0.5) is 0 Å². The van der Waals surface area contributed by atoms with Crippen LogP contribution >= 0.6 is 0 Å². The summed E-state index contributed by atoms with van der Waals surface area (Å²) in [5.74, 6) is 0. The summed E-state index contributed by atoms with van der Waals surface area (Å²) in [6.07, 6.45) is 0. The monoisotopic (exact) mass is 148 g/mol. The molecule has 0 aliphatic carbocycles. The van der Waals surface area contributed by atoms with Crippen LogP contribution in [0.5, 0.6) is 0 Å². The van der Waals surface area contributed by atoms with E-state index < -0.39 is 0 Å². The summed E-state index contributed by atoms with van der Waals surface area (Å²) in [7, 11) is 0. The van der Waals surface area contributed by atoms with E-state index in [1.807, 2.05) is 0 Å². The van der Waals surface area contributed by atoms with Crippen LogP contribution in [-0.2, 0) is 39.1 Å². The molecule has 0 aliphatic rings. The van der Waals surface area contributed by atoms with Gasteiger partial charge in [-0.15, -0.1) is 0 Å². The molecular weight excluding hydrogens is 143 g/mol. The van der Waals surface area contributed by atoms with Gasteiger partial charge < -0.3 is 5.48 Å². The second-order valence-electron chi connectivity index (χ2n) is 0. The Morgan fingerprint density at radius 3 is 1.00 bits per heavy atom. The van der Waals surface area contributed by atoms with Crippen molar-refractivity contribution in [1.29, 1.82) is 0 Å². The first-order chi connectivity index (χ1) is 0. The van der Waals surface area contributed by atoms with Crippen molar-refractivity contribution in [3.05, 3.63) is 0 Å². The molecule has 0 fully saturated rings. The minimum absolute atomic E-state index is 0. The summed E-state index contributed by atoms with van der Waals surface area (Å²) in [5.41, 5.74) is 0. The summed E-state index contributed by atoms with van der Waals surface area (Å²) in [6.45, 7) is 0. The van der Waals surface area contributed by atoms with E-state index in [1.165, 1.54) is 0 Å². The Bertz CT molecular complexity index is 8.00. The maximum Gasteiger partial charge on any atom is 0.187 e. The minimum atomic E-state index is 0. The third-order valence-corrected chi connectivity index (χ3v) is 0. The topological polar surface area (TPSA) is 31.5 Å². The Labute approximate surface area is 61.6 Å². The summed E-state index contributed by atoms with van der Waals surface area (Å²) in [6, 6.07) is 0. The van der Waals surface area contributed by atoms with Gasteiger partial charge in [0, 0.05) is 39.1 Å². The van der Waals surface area contributed by atoms with E-state index in [0.29, 0.717) is 0 Å². The Morgan fingerprint density at radius 1 is 1.00 bits per heavy atom. The molecule has 0 saturated carbocycles. The van der Waals surface area contributed by atoms with Crippen LogP contribution in [0.2, 0.25) is 0 Å². The molecule has 0 bridgehead atoms. The third kappa shape index (κ3) is 9.28. The molecule has 0 spiro atoms. The van der Waals surface area contributed by atoms with Gasteiger partial charge in [0.1, 0.15) is 0 Å². The maximum atomic E-state index is 0. The van der Waals surface area contributed by atoms with Gasteiger partial charge in [0.2, 0.25) is 0 Å². The van der Waals surface area contributed by atoms with E-state index >= 15 is 0 Å². The van der Waals surface area contributed by atoms with Crippen LogP contribution in [0.3, 0.4) is 0 Å². The molecule has 0 heterocycles. The number of hydrogen-bond acceptors (Lipinski definition) is 0. The van der Waals surface area contributed by atoms with E-state index in [0.717, 1.165) is 0 Å². The predicted molar refractivity (Wildman–Crippen MR) is 13.6 cm³/mol. The van der Waals surface area contributed by atoms with Crippen molar-refractivity contribution < 1.29 is 44.6 Å². The molecule has 24 valence electrons. The molecule has 2 N–H and O–H groups in total. The summed E-state index contributed by atoms with van der Waals surface area (Å²) < 4.78 is 0. The molecule has 0 radical (unpaired) electrons. The molecule has 0 atom stereocenters. The average molecular weight is 148 g/mol. The average Bonchev–Trinajstić information content (AvgIpc) is 0. The van der Waals surface area contributed by atoms with Crippen molar-refractivity contribution in [3.63, 3.8) is 0 Å². The van der Waals surface area contributed by atoms with Crippen molar-refractivity contribution in [1.82, 2.24) is 0 Å². The first-order valence-corrected chi connectivity index (χ1v) is 0. The second-order valence-corrected chi connectivity index (χ2v) is 0. The Balaban J connectivity index is 0. The fourth-order valence-electron chi connectivity index (χ4n) is 0. The predicted octanol–water partition coefficient (Wildman–Crippen LogP) is -2.01. The van der Waals surface area contributed by atoms with Gasteiger partial charge in [0.15, 0.2) is 17.4 Å². The molecular formula is H5AlCrOTi. The Morgan fingerprint density at radius 2 is 1.00 bits per heavy atom. The van der Waals surface area contributed by atoms with Gasteiger partial charge in [-0.05, 0) is 0 Å². The molecule has 0 amide bonds. The molecule has 0 aromatic carbocycles. The van der Waals surface area contributed by atoms with Gasteiger partial charge >= 0.3 is 0 Å². The van der Waals surface area contributed by atoms with Crippen molar-refractivity contribution in [3.8, 4) is 0 Å². The quantitative estimate of drug-likeness (QED) is 0.355. The van der Waals surface area contributed by atoms with Crippen LogP contribution in [-0.4, -0.2) is 22.8 Å². The van der Waals surface area contributed by atoms with Crippen LogP contribution < -0.4 is 0 Å². The first kappa shape index (κ1) is 42.6. The van der Waals surface area contributed by atoms with E-state index in [4.69, 9.17) is 0 Å². The standard InChI is InChI=1S/Al.Cr.H2O.Ti.3H/h;;1H2;;;;. The van der Waals surface area contributed by atoms with Crippen LogP contribution in [0, 0.1) is 0 Å². The largest absolute Gasteiger partial charge is 0.412 e. The number of rotatable bonds is 0. The zero-order valence-corrected chi connectivity index (χ0v) is 4.24. The van der Waals surface area contributed by atoms with Crippen molar-refractivity contribution in [2.45, 2.75) is 0 Å². The van der Waals surface area contributed by atoms with Crippen molar-refractivity contribution in [2.75, 3.05) is 0 Å². The van der Waals surface area contributed by atoms with Gasteiger partial charge in [-0.3, -0.25) is 0 Å². The van der Waals surface area contributed by atoms with E-state index in [1.54, 1.807) is 0 Å².